The van der Waals surface area contributed by atoms with Gasteiger partial charge in [-0.25, -0.2) is 4.79 Å². The van der Waals surface area contributed by atoms with E-state index in [-0.39, 0.29) is 11.7 Å². The summed E-state index contributed by atoms with van der Waals surface area (Å²) in [6, 6.07) is 13.6. The first-order valence-corrected chi connectivity index (χ1v) is 10.7. The second kappa shape index (κ2) is 9.52. The lowest BCUT2D eigenvalue weighted by Crippen LogP contribution is -2.30. The van der Waals surface area contributed by atoms with E-state index in [1.54, 1.807) is 5.56 Å². The average molecular weight is 411 g/mol. The van der Waals surface area contributed by atoms with Gasteiger partial charge in [0.1, 0.15) is 5.60 Å². The Morgan fingerprint density at radius 1 is 0.933 bits per heavy atom. The molecular formula is C25H34N2O3. The minimum absolute atomic E-state index is 0.387. The van der Waals surface area contributed by atoms with E-state index in [9.17, 15) is 4.79 Å². The summed E-state index contributed by atoms with van der Waals surface area (Å²) in [5.41, 5.74) is 7.88. The number of ether oxygens (including phenoxy) is 2. The molecule has 0 radical (unpaired) electrons. The lowest BCUT2D eigenvalue weighted by molar-refractivity contribution is 0.0541. The first-order chi connectivity index (χ1) is 14.3. The Balaban J connectivity index is 0.000000244. The molecule has 2 aromatic carbocycles. The van der Waals surface area contributed by atoms with Gasteiger partial charge in [0.2, 0.25) is 0 Å². The van der Waals surface area contributed by atoms with Gasteiger partial charge in [-0.2, -0.15) is 0 Å². The Hall–Kier alpha value is -2.53. The molecule has 2 aliphatic rings. The van der Waals surface area contributed by atoms with Gasteiger partial charge in [0.25, 0.3) is 0 Å². The van der Waals surface area contributed by atoms with Crippen LogP contribution in [0.3, 0.4) is 0 Å². The molecule has 5 nitrogen and oxygen atoms in total. The molecule has 0 saturated carbocycles. The zero-order chi connectivity index (χ0) is 21.7. The smallest absolute Gasteiger partial charge is 0.407 e. The summed E-state index contributed by atoms with van der Waals surface area (Å²) in [6.45, 7) is 6.98. The fourth-order valence-corrected chi connectivity index (χ4v) is 3.77. The van der Waals surface area contributed by atoms with Crippen LogP contribution in [0.4, 0.5) is 16.2 Å². The van der Waals surface area contributed by atoms with Crippen molar-refractivity contribution in [3.8, 4) is 0 Å². The Labute approximate surface area is 180 Å². The molecule has 4 rings (SSSR count). The zero-order valence-corrected chi connectivity index (χ0v) is 18.9. The van der Waals surface area contributed by atoms with E-state index in [4.69, 9.17) is 9.47 Å². The highest BCUT2D eigenvalue weighted by Crippen LogP contribution is 2.31. The normalized spacial score (nSPS) is 14.7. The topological polar surface area (TPSA) is 50.8 Å². The third kappa shape index (κ3) is 5.76. The van der Waals surface area contributed by atoms with Crippen molar-refractivity contribution >= 4 is 17.5 Å². The summed E-state index contributed by atoms with van der Waals surface area (Å²) >= 11 is 0. The number of alkyl carbamates (subject to hydrolysis) is 1. The number of benzene rings is 2. The number of fused-ring (bicyclic) bond motifs is 2. The maximum absolute atomic E-state index is 10.5. The van der Waals surface area contributed by atoms with Gasteiger partial charge in [0.05, 0.1) is 13.2 Å². The number of rotatable bonds is 2. The SMILES string of the molecule is CN(c1ccc2c(c1)CCCC2)c1ccc2c(c1)COC2.CNC(=O)OC(C)(C)C. The van der Waals surface area contributed by atoms with Crippen LogP contribution in [-0.2, 0) is 35.5 Å². The molecule has 1 amide bonds. The van der Waals surface area contributed by atoms with Crippen LogP contribution in [0.5, 0.6) is 0 Å². The van der Waals surface area contributed by atoms with Crippen molar-refractivity contribution in [2.45, 2.75) is 65.3 Å². The fourth-order valence-electron chi connectivity index (χ4n) is 3.77. The molecule has 1 heterocycles. The third-order valence-corrected chi connectivity index (χ3v) is 5.41. The summed E-state index contributed by atoms with van der Waals surface area (Å²) in [6.07, 6.45) is 4.76. The van der Waals surface area contributed by atoms with Gasteiger partial charge in [-0.05, 0) is 93.0 Å². The van der Waals surface area contributed by atoms with E-state index in [0.29, 0.717) is 0 Å². The molecule has 1 N–H and O–H groups in total. The van der Waals surface area contributed by atoms with Gasteiger partial charge in [-0.15, -0.1) is 0 Å². The van der Waals surface area contributed by atoms with Crippen molar-refractivity contribution in [1.82, 2.24) is 5.32 Å². The van der Waals surface area contributed by atoms with E-state index < -0.39 is 0 Å². The zero-order valence-electron chi connectivity index (χ0n) is 18.9. The van der Waals surface area contributed by atoms with Crippen molar-refractivity contribution in [2.75, 3.05) is 19.0 Å². The summed E-state index contributed by atoms with van der Waals surface area (Å²) in [7, 11) is 3.69. The molecular weight excluding hydrogens is 376 g/mol. The highest BCUT2D eigenvalue weighted by atomic mass is 16.6. The number of nitrogens with one attached hydrogen (secondary N) is 1. The van der Waals surface area contributed by atoms with Crippen molar-refractivity contribution in [1.29, 1.82) is 0 Å². The summed E-state index contributed by atoms with van der Waals surface area (Å²) in [5.74, 6) is 0. The van der Waals surface area contributed by atoms with Crippen LogP contribution >= 0.6 is 0 Å². The Morgan fingerprint density at radius 2 is 1.50 bits per heavy atom. The molecule has 5 heteroatoms. The van der Waals surface area contributed by atoms with Crippen LogP contribution in [0.1, 0.15) is 55.9 Å². The monoisotopic (exact) mass is 410 g/mol. The molecule has 0 aromatic heterocycles. The summed E-state index contributed by atoms with van der Waals surface area (Å²) in [4.78, 5) is 12.8. The lowest BCUT2D eigenvalue weighted by Gasteiger charge is -2.23. The average Bonchev–Trinajstić information content (AvgIpc) is 3.20. The highest BCUT2D eigenvalue weighted by molar-refractivity contribution is 5.67. The molecule has 0 saturated heterocycles. The minimum atomic E-state index is -0.389. The van der Waals surface area contributed by atoms with Gasteiger partial charge in [0.15, 0.2) is 0 Å². The minimum Gasteiger partial charge on any atom is -0.444 e. The fraction of sp³-hybridized carbons (Fsp3) is 0.480. The third-order valence-electron chi connectivity index (χ3n) is 5.41. The number of carbonyl (C=O) groups is 1. The van der Waals surface area contributed by atoms with Crippen LogP contribution in [-0.4, -0.2) is 25.8 Å². The first-order valence-electron chi connectivity index (χ1n) is 10.7. The molecule has 30 heavy (non-hydrogen) atoms. The van der Waals surface area contributed by atoms with Gasteiger partial charge in [-0.1, -0.05) is 12.1 Å². The Kier molecular flexibility index (Phi) is 7.03. The van der Waals surface area contributed by atoms with Crippen molar-refractivity contribution < 1.29 is 14.3 Å². The molecule has 0 spiro atoms. The van der Waals surface area contributed by atoms with E-state index in [2.05, 4.69) is 53.7 Å². The van der Waals surface area contributed by atoms with Crippen molar-refractivity contribution in [3.63, 3.8) is 0 Å². The van der Waals surface area contributed by atoms with Gasteiger partial charge in [0, 0.05) is 25.5 Å². The molecule has 2 aromatic rings. The predicted octanol–water partition coefficient (Wildman–Crippen LogP) is 5.50. The Morgan fingerprint density at radius 3 is 2.10 bits per heavy atom. The molecule has 0 atom stereocenters. The number of nitrogens with zero attached hydrogens (tertiary/aromatic N) is 1. The second-order valence-corrected chi connectivity index (χ2v) is 8.92. The van der Waals surface area contributed by atoms with Crippen LogP contribution < -0.4 is 10.2 Å². The van der Waals surface area contributed by atoms with Crippen LogP contribution in [0.2, 0.25) is 0 Å². The van der Waals surface area contributed by atoms with Gasteiger partial charge < -0.3 is 19.7 Å². The largest absolute Gasteiger partial charge is 0.444 e. The molecule has 162 valence electrons. The van der Waals surface area contributed by atoms with E-state index in [1.165, 1.54) is 60.8 Å². The number of anilines is 2. The molecule has 0 bridgehead atoms. The van der Waals surface area contributed by atoms with Crippen LogP contribution in [0.15, 0.2) is 36.4 Å². The molecule has 1 aliphatic carbocycles. The summed E-state index contributed by atoms with van der Waals surface area (Å²) < 4.78 is 10.3. The van der Waals surface area contributed by atoms with Crippen molar-refractivity contribution in [3.05, 3.63) is 58.7 Å². The maximum atomic E-state index is 10.5. The lowest BCUT2D eigenvalue weighted by atomic mass is 9.91. The van der Waals surface area contributed by atoms with Crippen molar-refractivity contribution in [2.24, 2.45) is 0 Å². The quantitative estimate of drug-likeness (QED) is 0.710. The number of hydrogen-bond donors (Lipinski definition) is 1. The van der Waals surface area contributed by atoms with E-state index >= 15 is 0 Å². The maximum Gasteiger partial charge on any atom is 0.407 e. The molecule has 0 fully saturated rings. The number of aryl methyl sites for hydroxylation is 2. The van der Waals surface area contributed by atoms with Gasteiger partial charge >= 0.3 is 6.09 Å². The Bertz CT molecular complexity index is 886. The number of hydrogen-bond acceptors (Lipinski definition) is 4. The van der Waals surface area contributed by atoms with E-state index in [1.807, 2.05) is 20.8 Å². The van der Waals surface area contributed by atoms with Gasteiger partial charge in [-0.3, -0.25) is 0 Å². The second-order valence-electron chi connectivity index (χ2n) is 8.92. The predicted molar refractivity (Wildman–Crippen MR) is 121 cm³/mol. The molecule has 0 unspecified atom stereocenters. The first kappa shape index (κ1) is 22.2. The van der Waals surface area contributed by atoms with E-state index in [0.717, 1.165) is 13.2 Å². The highest BCUT2D eigenvalue weighted by Gasteiger charge is 2.15. The number of amides is 1. The molecule has 1 aliphatic heterocycles. The summed E-state index contributed by atoms with van der Waals surface area (Å²) in [5, 5.41) is 2.36. The van der Waals surface area contributed by atoms with Crippen LogP contribution in [0.25, 0.3) is 0 Å². The standard InChI is InChI=1S/C19H21NO.C6H13NO2/c1-20(19-9-7-16-12-21-13-17(16)11-19)18-8-6-14-4-2-3-5-15(14)10-18;1-6(2,3)9-5(8)7-4/h6-11H,2-5,12-13H2,1H3;1-4H3,(H,7,8). The van der Waals surface area contributed by atoms with Crippen LogP contribution in [0, 0.1) is 0 Å². The number of carbonyl (C=O) groups excluding carboxylic acids is 1.